The largest absolute Gasteiger partial charge is 0.452 e. The molecule has 5 aromatic rings. The number of nitrogens with zero attached hydrogens (tertiary/aromatic N) is 3. The molecular formula is C20H16N3O2+. The fraction of sp³-hybridized carbons (Fsp3) is 0.150. The monoisotopic (exact) mass is 330 g/mol. The van der Waals surface area contributed by atoms with Crippen molar-refractivity contribution in [1.29, 1.82) is 0 Å². The van der Waals surface area contributed by atoms with Crippen LogP contribution in [0.25, 0.3) is 44.6 Å². The molecule has 4 heterocycles. The van der Waals surface area contributed by atoms with Gasteiger partial charge in [-0.2, -0.15) is 0 Å². The van der Waals surface area contributed by atoms with Gasteiger partial charge in [-0.3, -0.25) is 0 Å². The van der Waals surface area contributed by atoms with Crippen molar-refractivity contribution < 1.29 is 13.4 Å². The number of pyridine rings is 1. The Hall–Kier alpha value is -3.21. The molecular weight excluding hydrogens is 314 g/mol. The summed E-state index contributed by atoms with van der Waals surface area (Å²) >= 11 is 0. The Labute approximate surface area is 143 Å². The molecule has 5 nitrogen and oxygen atoms in total. The van der Waals surface area contributed by atoms with E-state index in [9.17, 15) is 0 Å². The van der Waals surface area contributed by atoms with E-state index in [2.05, 4.69) is 23.0 Å². The Morgan fingerprint density at radius 3 is 2.68 bits per heavy atom. The van der Waals surface area contributed by atoms with Crippen molar-refractivity contribution in [3.05, 3.63) is 54.0 Å². The fourth-order valence-corrected chi connectivity index (χ4v) is 3.33. The maximum absolute atomic E-state index is 6.13. The van der Waals surface area contributed by atoms with E-state index in [-0.39, 0.29) is 0 Å². The normalized spacial score (nSPS) is 11.8. The summed E-state index contributed by atoms with van der Waals surface area (Å²) in [7, 11) is 1.99. The van der Waals surface area contributed by atoms with Gasteiger partial charge in [0, 0.05) is 11.8 Å². The summed E-state index contributed by atoms with van der Waals surface area (Å²) < 4.78 is 14.1. The molecule has 0 N–H and O–H groups in total. The first kappa shape index (κ1) is 14.2. The first-order valence-corrected chi connectivity index (χ1v) is 8.16. The van der Waals surface area contributed by atoms with Crippen LogP contribution in [0.2, 0.25) is 0 Å². The van der Waals surface area contributed by atoms with Crippen molar-refractivity contribution in [2.45, 2.75) is 13.8 Å². The van der Waals surface area contributed by atoms with Crippen LogP contribution in [0.3, 0.4) is 0 Å². The average molecular weight is 330 g/mol. The van der Waals surface area contributed by atoms with Crippen LogP contribution in [0.1, 0.15) is 11.3 Å². The maximum Gasteiger partial charge on any atom is 0.330 e. The van der Waals surface area contributed by atoms with Gasteiger partial charge in [-0.05, 0) is 48.7 Å². The van der Waals surface area contributed by atoms with Gasteiger partial charge in [0.25, 0.3) is 0 Å². The van der Waals surface area contributed by atoms with E-state index >= 15 is 0 Å². The zero-order valence-corrected chi connectivity index (χ0v) is 14.2. The molecule has 122 valence electrons. The lowest BCUT2D eigenvalue weighted by Crippen LogP contribution is -2.31. The highest BCUT2D eigenvalue weighted by Crippen LogP contribution is 2.38. The minimum Gasteiger partial charge on any atom is -0.452 e. The molecule has 0 aliphatic rings. The molecule has 0 unspecified atom stereocenters. The van der Waals surface area contributed by atoms with E-state index in [1.54, 1.807) is 6.20 Å². The summed E-state index contributed by atoms with van der Waals surface area (Å²) in [5.41, 5.74) is 6.01. The van der Waals surface area contributed by atoms with Crippen LogP contribution < -0.4 is 4.57 Å². The summed E-state index contributed by atoms with van der Waals surface area (Å²) in [4.78, 5) is 8.96. The number of hydrogen-bond acceptors (Lipinski definition) is 4. The van der Waals surface area contributed by atoms with Crippen LogP contribution in [0.15, 0.2) is 51.6 Å². The SMILES string of the molecule is Cc1ccc2c(n1)oc1c3cc(C)c(-c4nccc[n+]4C)cc3oc21. The molecule has 0 aliphatic heterocycles. The zero-order valence-electron chi connectivity index (χ0n) is 14.2. The molecule has 0 radical (unpaired) electrons. The van der Waals surface area contributed by atoms with Gasteiger partial charge in [0.1, 0.15) is 11.8 Å². The first-order chi connectivity index (χ1) is 12.1. The highest BCUT2D eigenvalue weighted by Gasteiger charge is 2.21. The lowest BCUT2D eigenvalue weighted by molar-refractivity contribution is -0.663. The molecule has 5 heteroatoms. The molecule has 0 atom stereocenters. The van der Waals surface area contributed by atoms with E-state index < -0.39 is 0 Å². The Morgan fingerprint density at radius 1 is 1.00 bits per heavy atom. The second-order valence-corrected chi connectivity index (χ2v) is 6.39. The van der Waals surface area contributed by atoms with Crippen molar-refractivity contribution in [1.82, 2.24) is 9.97 Å². The van der Waals surface area contributed by atoms with Crippen LogP contribution in [-0.4, -0.2) is 9.97 Å². The topological polar surface area (TPSA) is 55.9 Å². The highest BCUT2D eigenvalue weighted by atomic mass is 16.4. The van der Waals surface area contributed by atoms with Crippen molar-refractivity contribution in [2.24, 2.45) is 7.05 Å². The molecule has 0 amide bonds. The fourth-order valence-electron chi connectivity index (χ4n) is 3.33. The molecule has 0 aliphatic carbocycles. The second-order valence-electron chi connectivity index (χ2n) is 6.39. The number of furan rings is 2. The second kappa shape index (κ2) is 4.89. The van der Waals surface area contributed by atoms with Crippen LogP contribution in [-0.2, 0) is 7.05 Å². The van der Waals surface area contributed by atoms with Gasteiger partial charge < -0.3 is 8.83 Å². The van der Waals surface area contributed by atoms with Crippen molar-refractivity contribution in [2.75, 3.05) is 0 Å². The van der Waals surface area contributed by atoms with Crippen LogP contribution in [0.5, 0.6) is 0 Å². The van der Waals surface area contributed by atoms with Crippen molar-refractivity contribution in [3.63, 3.8) is 0 Å². The van der Waals surface area contributed by atoms with Crippen molar-refractivity contribution in [3.8, 4) is 11.4 Å². The zero-order chi connectivity index (χ0) is 17.1. The van der Waals surface area contributed by atoms with E-state index in [1.165, 1.54) is 0 Å². The lowest BCUT2D eigenvalue weighted by atomic mass is 10.1. The number of benzene rings is 1. The lowest BCUT2D eigenvalue weighted by Gasteiger charge is -2.02. The van der Waals surface area contributed by atoms with Crippen molar-refractivity contribution >= 4 is 33.2 Å². The first-order valence-electron chi connectivity index (χ1n) is 8.16. The summed E-state index contributed by atoms with van der Waals surface area (Å²) in [5.74, 6) is 0.900. The molecule has 1 aromatic carbocycles. The Kier molecular flexibility index (Phi) is 2.77. The van der Waals surface area contributed by atoms with Crippen LogP contribution >= 0.6 is 0 Å². The van der Waals surface area contributed by atoms with Gasteiger partial charge >= 0.3 is 5.82 Å². The Balaban J connectivity index is 1.84. The summed E-state index contributed by atoms with van der Waals surface area (Å²) in [6, 6.07) is 10.0. The van der Waals surface area contributed by atoms with Gasteiger partial charge in [-0.25, -0.2) is 9.55 Å². The predicted octanol–water partition coefficient (Wildman–Crippen LogP) is 4.23. The number of aryl methyl sites for hydroxylation is 3. The van der Waals surface area contributed by atoms with Crippen LogP contribution in [0, 0.1) is 13.8 Å². The van der Waals surface area contributed by atoms with E-state index in [1.807, 2.05) is 49.0 Å². The van der Waals surface area contributed by atoms with Gasteiger partial charge in [-0.15, -0.1) is 0 Å². The molecule has 0 saturated heterocycles. The highest BCUT2D eigenvalue weighted by molar-refractivity contribution is 6.12. The number of rotatable bonds is 1. The van der Waals surface area contributed by atoms with E-state index in [0.29, 0.717) is 5.71 Å². The standard InChI is InChI=1S/C20H16N3O2/c1-11-9-15-16(10-14(11)19-21-7-4-8-23(19)3)24-17-13-6-5-12(2)22-20(13)25-18(15)17/h4-10H,1-3H3/q+1. The minimum absolute atomic E-state index is 0.619. The third-order valence-corrected chi connectivity index (χ3v) is 4.60. The molecule has 0 spiro atoms. The summed E-state index contributed by atoms with van der Waals surface area (Å²) in [5, 5.41) is 1.87. The molecule has 0 bridgehead atoms. The Bertz CT molecular complexity index is 1280. The Morgan fingerprint density at radius 2 is 1.84 bits per heavy atom. The smallest absolute Gasteiger partial charge is 0.330 e. The van der Waals surface area contributed by atoms with Gasteiger partial charge in [0.05, 0.1) is 29.6 Å². The van der Waals surface area contributed by atoms with Gasteiger partial charge in [0.2, 0.25) is 5.71 Å². The summed E-state index contributed by atoms with van der Waals surface area (Å²) in [6.07, 6.45) is 3.79. The quantitative estimate of drug-likeness (QED) is 0.432. The maximum atomic E-state index is 6.13. The molecule has 25 heavy (non-hydrogen) atoms. The van der Waals surface area contributed by atoms with Crippen LogP contribution in [0.4, 0.5) is 0 Å². The summed E-state index contributed by atoms with van der Waals surface area (Å²) in [6.45, 7) is 4.03. The molecule has 0 fully saturated rings. The van der Waals surface area contributed by atoms with E-state index in [0.717, 1.165) is 50.2 Å². The molecule has 4 aromatic heterocycles. The van der Waals surface area contributed by atoms with Gasteiger partial charge in [-0.1, -0.05) is 0 Å². The predicted molar refractivity (Wildman–Crippen MR) is 95.2 cm³/mol. The molecule has 0 saturated carbocycles. The minimum atomic E-state index is 0.619. The van der Waals surface area contributed by atoms with Gasteiger partial charge in [0.15, 0.2) is 11.2 Å². The third-order valence-electron chi connectivity index (χ3n) is 4.60. The van der Waals surface area contributed by atoms with E-state index in [4.69, 9.17) is 8.83 Å². The number of hydrogen-bond donors (Lipinski definition) is 0. The average Bonchev–Trinajstić information content (AvgIpc) is 3.10. The molecule has 5 rings (SSSR count). The number of aromatic nitrogens is 3. The third kappa shape index (κ3) is 1.99. The number of fused-ring (bicyclic) bond motifs is 5.